The Bertz CT molecular complexity index is 832. The largest absolute Gasteiger partial charge is 0.416 e. The number of H-pyrrole nitrogens is 1. The van der Waals surface area contributed by atoms with Crippen molar-refractivity contribution in [1.29, 1.82) is 0 Å². The predicted molar refractivity (Wildman–Crippen MR) is 71.3 cm³/mol. The number of halogens is 2. The maximum atomic E-state index is 12.6. The summed E-state index contributed by atoms with van der Waals surface area (Å²) >= 11 is 0. The van der Waals surface area contributed by atoms with Crippen molar-refractivity contribution in [2.45, 2.75) is 25.4 Å². The number of hydrogen-bond acceptors (Lipinski definition) is 6. The fraction of sp³-hybridized carbons (Fsp3) is 0.308. The lowest BCUT2D eigenvalue weighted by Gasteiger charge is -2.11. The molecule has 3 aromatic rings. The molecule has 9 heteroatoms. The average Bonchev–Trinajstić information content (AvgIpc) is 3.24. The topological polar surface area (TPSA) is 89.5 Å². The van der Waals surface area contributed by atoms with Gasteiger partial charge in [0.2, 0.25) is 5.88 Å². The zero-order chi connectivity index (χ0) is 15.1. The molecule has 0 unspecified atom stereocenters. The Morgan fingerprint density at radius 1 is 1.18 bits per heavy atom. The highest BCUT2D eigenvalue weighted by molar-refractivity contribution is 5.76. The molecule has 22 heavy (non-hydrogen) atoms. The molecule has 3 aromatic heterocycles. The van der Waals surface area contributed by atoms with E-state index in [-0.39, 0.29) is 17.6 Å². The Kier molecular flexibility index (Phi) is 2.91. The van der Waals surface area contributed by atoms with Crippen LogP contribution in [0.2, 0.25) is 0 Å². The molecule has 0 radical (unpaired) electrons. The summed E-state index contributed by atoms with van der Waals surface area (Å²) in [5.74, 6) is 0.267. The van der Waals surface area contributed by atoms with Gasteiger partial charge in [-0.15, -0.1) is 0 Å². The van der Waals surface area contributed by atoms with Gasteiger partial charge in [-0.2, -0.15) is 13.9 Å². The summed E-state index contributed by atoms with van der Waals surface area (Å²) in [6, 6.07) is 0. The summed E-state index contributed by atoms with van der Waals surface area (Å²) < 4.78 is 29.8. The number of nitrogens with one attached hydrogen (secondary N) is 1. The Morgan fingerprint density at radius 2 is 2.05 bits per heavy atom. The lowest BCUT2D eigenvalue weighted by molar-refractivity contribution is -0.0525. The third kappa shape index (κ3) is 2.24. The van der Waals surface area contributed by atoms with Crippen molar-refractivity contribution in [1.82, 2.24) is 30.1 Å². The molecule has 0 aromatic carbocycles. The number of ether oxygens (including phenoxy) is 1. The van der Waals surface area contributed by atoms with Crippen LogP contribution in [0.5, 0.6) is 5.88 Å². The van der Waals surface area contributed by atoms with E-state index in [1.54, 1.807) is 6.20 Å². The number of rotatable bonds is 4. The fourth-order valence-corrected chi connectivity index (χ4v) is 2.30. The van der Waals surface area contributed by atoms with Gasteiger partial charge in [-0.1, -0.05) is 0 Å². The average molecular weight is 304 g/mol. The van der Waals surface area contributed by atoms with E-state index in [4.69, 9.17) is 0 Å². The van der Waals surface area contributed by atoms with Gasteiger partial charge in [0.1, 0.15) is 22.9 Å². The summed E-state index contributed by atoms with van der Waals surface area (Å²) in [5, 5.41) is 6.60. The number of hydrogen-bond donors (Lipinski definition) is 1. The molecule has 112 valence electrons. The highest BCUT2D eigenvalue weighted by Crippen LogP contribution is 2.45. The second kappa shape index (κ2) is 4.93. The number of fused-ring (bicyclic) bond motifs is 1. The van der Waals surface area contributed by atoms with E-state index in [0.717, 1.165) is 12.8 Å². The van der Waals surface area contributed by atoms with Gasteiger partial charge in [-0.3, -0.25) is 5.10 Å². The highest BCUT2D eigenvalue weighted by Gasteiger charge is 2.32. The predicted octanol–water partition coefficient (Wildman–Crippen LogP) is 2.29. The Balaban J connectivity index is 1.90. The summed E-state index contributed by atoms with van der Waals surface area (Å²) in [7, 11) is 0. The molecule has 0 aliphatic heterocycles. The van der Waals surface area contributed by atoms with Gasteiger partial charge >= 0.3 is 6.61 Å². The maximum Gasteiger partial charge on any atom is 0.388 e. The van der Waals surface area contributed by atoms with Crippen LogP contribution in [0.4, 0.5) is 8.78 Å². The van der Waals surface area contributed by atoms with E-state index in [1.807, 2.05) is 0 Å². The third-order valence-electron chi connectivity index (χ3n) is 3.42. The zero-order valence-corrected chi connectivity index (χ0v) is 11.2. The molecule has 0 spiro atoms. The van der Waals surface area contributed by atoms with E-state index in [2.05, 4.69) is 34.9 Å². The van der Waals surface area contributed by atoms with Gasteiger partial charge < -0.3 is 4.74 Å². The van der Waals surface area contributed by atoms with Crippen molar-refractivity contribution < 1.29 is 13.5 Å². The normalized spacial score (nSPS) is 14.7. The zero-order valence-electron chi connectivity index (χ0n) is 11.2. The van der Waals surface area contributed by atoms with Crippen LogP contribution < -0.4 is 4.74 Å². The van der Waals surface area contributed by atoms with Gasteiger partial charge in [0.25, 0.3) is 0 Å². The molecule has 1 aliphatic rings. The molecule has 3 heterocycles. The fourth-order valence-electron chi connectivity index (χ4n) is 2.30. The first-order chi connectivity index (χ1) is 10.7. The minimum absolute atomic E-state index is 0.199. The maximum absolute atomic E-state index is 12.6. The van der Waals surface area contributed by atoms with Crippen LogP contribution in [0.25, 0.3) is 22.4 Å². The molecule has 1 aliphatic carbocycles. The van der Waals surface area contributed by atoms with Crippen LogP contribution in [0.3, 0.4) is 0 Å². The second-order valence-electron chi connectivity index (χ2n) is 4.95. The van der Waals surface area contributed by atoms with Crippen molar-refractivity contribution in [3.8, 4) is 17.3 Å². The van der Waals surface area contributed by atoms with Crippen molar-refractivity contribution in [2.24, 2.45) is 0 Å². The van der Waals surface area contributed by atoms with Crippen LogP contribution in [0.1, 0.15) is 24.5 Å². The molecule has 4 rings (SSSR count). The molecule has 0 amide bonds. The Hall–Kier alpha value is -2.71. The van der Waals surface area contributed by atoms with Crippen molar-refractivity contribution in [2.75, 3.05) is 0 Å². The third-order valence-corrected chi connectivity index (χ3v) is 3.42. The molecule has 1 fully saturated rings. The van der Waals surface area contributed by atoms with Gasteiger partial charge in [0.05, 0.1) is 18.1 Å². The number of aromatic amines is 1. The molecule has 7 nitrogen and oxygen atoms in total. The minimum atomic E-state index is -2.97. The molecule has 0 saturated heterocycles. The van der Waals surface area contributed by atoms with Crippen molar-refractivity contribution in [3.63, 3.8) is 0 Å². The number of aromatic nitrogens is 6. The Labute approximate surface area is 122 Å². The van der Waals surface area contributed by atoms with Gasteiger partial charge in [-0.05, 0) is 12.8 Å². The SMILES string of the molecule is FC(F)Oc1ncnc(C2CC2)c1-c1ncc2[nH]ncc2n1. The van der Waals surface area contributed by atoms with Crippen LogP contribution in [-0.2, 0) is 0 Å². The van der Waals surface area contributed by atoms with E-state index in [0.29, 0.717) is 22.3 Å². The smallest absolute Gasteiger partial charge is 0.388 e. The molecule has 0 atom stereocenters. The number of nitrogens with zero attached hydrogens (tertiary/aromatic N) is 5. The van der Waals surface area contributed by atoms with E-state index in [1.165, 1.54) is 12.5 Å². The van der Waals surface area contributed by atoms with Gasteiger partial charge in [0.15, 0.2) is 5.82 Å². The lowest BCUT2D eigenvalue weighted by atomic mass is 10.1. The number of alkyl halides is 2. The first-order valence-corrected chi connectivity index (χ1v) is 6.68. The molecule has 1 saturated carbocycles. The van der Waals surface area contributed by atoms with E-state index >= 15 is 0 Å². The summed E-state index contributed by atoms with van der Waals surface area (Å²) in [5.41, 5.74) is 2.21. The summed E-state index contributed by atoms with van der Waals surface area (Å²) in [6.07, 6.45) is 6.21. The van der Waals surface area contributed by atoms with Crippen LogP contribution in [-0.4, -0.2) is 36.7 Å². The standard InChI is InChI=1S/C13H10F2N6O/c14-13(15)22-12-9(10(6-1-2-6)17-5-18-12)11-16-3-8-7(20-11)4-19-21-8/h3-6,13H,1-2H2,(H,19,21). The summed E-state index contributed by atoms with van der Waals surface area (Å²) in [6.45, 7) is -2.97. The monoisotopic (exact) mass is 304 g/mol. The molecular formula is C13H10F2N6O. The summed E-state index contributed by atoms with van der Waals surface area (Å²) in [4.78, 5) is 16.6. The quantitative estimate of drug-likeness (QED) is 0.795. The van der Waals surface area contributed by atoms with Crippen LogP contribution in [0, 0.1) is 0 Å². The second-order valence-corrected chi connectivity index (χ2v) is 4.95. The first kappa shape index (κ1) is 13.0. The van der Waals surface area contributed by atoms with Gasteiger partial charge in [0, 0.05) is 5.92 Å². The van der Waals surface area contributed by atoms with Crippen molar-refractivity contribution >= 4 is 11.0 Å². The molecule has 1 N–H and O–H groups in total. The Morgan fingerprint density at radius 3 is 2.82 bits per heavy atom. The van der Waals surface area contributed by atoms with Gasteiger partial charge in [-0.25, -0.2) is 19.9 Å². The van der Waals surface area contributed by atoms with E-state index < -0.39 is 6.61 Å². The van der Waals surface area contributed by atoms with Crippen LogP contribution >= 0.6 is 0 Å². The molecular weight excluding hydrogens is 294 g/mol. The minimum Gasteiger partial charge on any atom is -0.416 e. The lowest BCUT2D eigenvalue weighted by Crippen LogP contribution is -2.08. The molecule has 0 bridgehead atoms. The highest BCUT2D eigenvalue weighted by atomic mass is 19.3. The van der Waals surface area contributed by atoms with E-state index in [9.17, 15) is 8.78 Å². The first-order valence-electron chi connectivity index (χ1n) is 6.68. The van der Waals surface area contributed by atoms with Crippen molar-refractivity contribution in [3.05, 3.63) is 24.4 Å². The van der Waals surface area contributed by atoms with Crippen LogP contribution in [0.15, 0.2) is 18.7 Å².